The van der Waals surface area contributed by atoms with E-state index in [2.05, 4.69) is 10.2 Å². The van der Waals surface area contributed by atoms with Gasteiger partial charge in [-0.1, -0.05) is 11.6 Å². The predicted octanol–water partition coefficient (Wildman–Crippen LogP) is 2.63. The number of rotatable bonds is 2. The fourth-order valence-electron chi connectivity index (χ4n) is 2.43. The molecular weight excluding hydrogens is 236 g/mol. The summed E-state index contributed by atoms with van der Waals surface area (Å²) in [4.78, 5) is 0. The van der Waals surface area contributed by atoms with Crippen LogP contribution in [0.5, 0.6) is 0 Å². The summed E-state index contributed by atoms with van der Waals surface area (Å²) in [6.45, 7) is 0. The van der Waals surface area contributed by atoms with Crippen LogP contribution in [0.2, 0.25) is 5.02 Å². The van der Waals surface area contributed by atoms with E-state index in [1.165, 1.54) is 0 Å². The molecule has 3 rings (SSSR count). The Morgan fingerprint density at radius 3 is 2.65 bits per heavy atom. The van der Waals surface area contributed by atoms with Crippen molar-refractivity contribution >= 4 is 17.3 Å². The maximum Gasteiger partial charge on any atom is 0.119 e. The molecule has 0 saturated heterocycles. The second-order valence-electron chi connectivity index (χ2n) is 4.44. The van der Waals surface area contributed by atoms with Gasteiger partial charge in [0.05, 0.1) is 0 Å². The minimum atomic E-state index is 0.407. The molecule has 2 atom stereocenters. The van der Waals surface area contributed by atoms with E-state index in [0.717, 1.165) is 29.1 Å². The second-order valence-corrected chi connectivity index (χ2v) is 4.85. The van der Waals surface area contributed by atoms with Crippen molar-refractivity contribution in [3.8, 4) is 0 Å². The Kier molecular flexibility index (Phi) is 2.52. The molecule has 0 spiro atoms. The number of nitrogen functional groups attached to an aromatic ring is 1. The standard InChI is InChI=1S/C12H13ClN4/c13-11-3-1-8(14)5-10(11)9-2-4-12(9)17-6-15-16-7-17/h1,3,5-7,9,12H,2,4,14H2. The quantitative estimate of drug-likeness (QED) is 0.832. The van der Waals surface area contributed by atoms with Gasteiger partial charge in [0.25, 0.3) is 0 Å². The topological polar surface area (TPSA) is 56.7 Å². The van der Waals surface area contributed by atoms with Crippen LogP contribution in [0.15, 0.2) is 30.9 Å². The third-order valence-electron chi connectivity index (χ3n) is 3.48. The Morgan fingerprint density at radius 2 is 2.00 bits per heavy atom. The molecule has 1 aliphatic rings. The molecule has 2 aromatic rings. The molecule has 0 amide bonds. The van der Waals surface area contributed by atoms with Crippen LogP contribution in [0, 0.1) is 0 Å². The molecular formula is C12H13ClN4. The minimum absolute atomic E-state index is 0.407. The lowest BCUT2D eigenvalue weighted by Gasteiger charge is -2.38. The first-order valence-electron chi connectivity index (χ1n) is 5.65. The van der Waals surface area contributed by atoms with E-state index in [4.69, 9.17) is 17.3 Å². The van der Waals surface area contributed by atoms with Crippen molar-refractivity contribution in [3.05, 3.63) is 41.4 Å². The van der Waals surface area contributed by atoms with E-state index in [1.807, 2.05) is 22.8 Å². The van der Waals surface area contributed by atoms with Crippen LogP contribution in [0.4, 0.5) is 5.69 Å². The van der Waals surface area contributed by atoms with E-state index in [1.54, 1.807) is 12.7 Å². The van der Waals surface area contributed by atoms with Gasteiger partial charge in [-0.05, 0) is 36.6 Å². The molecule has 2 N–H and O–H groups in total. The molecule has 1 aromatic heterocycles. The Labute approximate surface area is 104 Å². The summed E-state index contributed by atoms with van der Waals surface area (Å²) in [5, 5.41) is 8.49. The molecule has 2 unspecified atom stereocenters. The first kappa shape index (κ1) is 10.6. The normalized spacial score (nSPS) is 23.4. The third-order valence-corrected chi connectivity index (χ3v) is 3.82. The summed E-state index contributed by atoms with van der Waals surface area (Å²) in [7, 11) is 0. The Bertz CT molecular complexity index is 523. The van der Waals surface area contributed by atoms with Crippen LogP contribution in [0.25, 0.3) is 0 Å². The van der Waals surface area contributed by atoms with Crippen LogP contribution in [0.1, 0.15) is 30.4 Å². The van der Waals surface area contributed by atoms with Gasteiger partial charge in [0.1, 0.15) is 12.7 Å². The zero-order valence-electron chi connectivity index (χ0n) is 9.25. The molecule has 17 heavy (non-hydrogen) atoms. The maximum atomic E-state index is 6.23. The number of hydrogen-bond acceptors (Lipinski definition) is 3. The zero-order valence-corrected chi connectivity index (χ0v) is 10.0. The van der Waals surface area contributed by atoms with E-state index in [0.29, 0.717) is 12.0 Å². The number of aromatic nitrogens is 3. The van der Waals surface area contributed by atoms with Crippen LogP contribution in [-0.2, 0) is 0 Å². The second kappa shape index (κ2) is 4.04. The highest BCUT2D eigenvalue weighted by Crippen LogP contribution is 2.48. The zero-order chi connectivity index (χ0) is 11.8. The first-order chi connectivity index (χ1) is 8.25. The molecule has 0 aliphatic heterocycles. The molecule has 4 nitrogen and oxygen atoms in total. The summed E-state index contributed by atoms with van der Waals surface area (Å²) in [6, 6.07) is 6.08. The molecule has 1 fully saturated rings. The highest BCUT2D eigenvalue weighted by atomic mass is 35.5. The van der Waals surface area contributed by atoms with Gasteiger partial charge in [-0.25, -0.2) is 0 Å². The number of nitrogens with zero attached hydrogens (tertiary/aromatic N) is 3. The number of hydrogen-bond donors (Lipinski definition) is 1. The molecule has 5 heteroatoms. The van der Waals surface area contributed by atoms with Gasteiger partial charge in [-0.3, -0.25) is 0 Å². The molecule has 0 bridgehead atoms. The molecule has 1 aromatic carbocycles. The van der Waals surface area contributed by atoms with Crippen molar-refractivity contribution in [1.29, 1.82) is 0 Å². The summed E-state index contributed by atoms with van der Waals surface area (Å²) >= 11 is 6.23. The van der Waals surface area contributed by atoms with Crippen LogP contribution >= 0.6 is 11.6 Å². The lowest BCUT2D eigenvalue weighted by atomic mass is 9.75. The molecule has 0 radical (unpaired) electrons. The maximum absolute atomic E-state index is 6.23. The molecule has 88 valence electrons. The number of nitrogens with two attached hydrogens (primary N) is 1. The first-order valence-corrected chi connectivity index (χ1v) is 6.02. The Hall–Kier alpha value is -1.55. The average molecular weight is 249 g/mol. The van der Waals surface area contributed by atoms with Crippen molar-refractivity contribution in [1.82, 2.24) is 14.8 Å². The monoisotopic (exact) mass is 248 g/mol. The summed E-state index contributed by atoms with van der Waals surface area (Å²) in [5.74, 6) is 0.419. The van der Waals surface area contributed by atoms with Gasteiger partial charge in [-0.15, -0.1) is 10.2 Å². The summed E-state index contributed by atoms with van der Waals surface area (Å²) in [5.41, 5.74) is 7.72. The Balaban J connectivity index is 1.92. The van der Waals surface area contributed by atoms with Gasteiger partial charge in [0, 0.05) is 22.7 Å². The highest BCUT2D eigenvalue weighted by Gasteiger charge is 2.34. The highest BCUT2D eigenvalue weighted by molar-refractivity contribution is 6.31. The fourth-order valence-corrected chi connectivity index (χ4v) is 2.69. The van der Waals surface area contributed by atoms with Crippen molar-refractivity contribution in [2.75, 3.05) is 5.73 Å². The summed E-state index contributed by atoms with van der Waals surface area (Å²) < 4.78 is 2.05. The number of anilines is 1. The lowest BCUT2D eigenvalue weighted by Crippen LogP contribution is -2.26. The Morgan fingerprint density at radius 1 is 1.24 bits per heavy atom. The van der Waals surface area contributed by atoms with Crippen molar-refractivity contribution in [2.45, 2.75) is 24.8 Å². The van der Waals surface area contributed by atoms with Crippen LogP contribution in [-0.4, -0.2) is 14.8 Å². The van der Waals surface area contributed by atoms with Gasteiger partial charge >= 0.3 is 0 Å². The molecule has 1 saturated carbocycles. The predicted molar refractivity (Wildman–Crippen MR) is 66.9 cm³/mol. The third kappa shape index (κ3) is 1.78. The van der Waals surface area contributed by atoms with E-state index < -0.39 is 0 Å². The smallest absolute Gasteiger partial charge is 0.119 e. The fraction of sp³-hybridized carbons (Fsp3) is 0.333. The SMILES string of the molecule is Nc1ccc(Cl)c(C2CCC2n2cnnc2)c1. The van der Waals surface area contributed by atoms with Crippen LogP contribution < -0.4 is 5.73 Å². The summed E-state index contributed by atoms with van der Waals surface area (Å²) in [6.07, 6.45) is 5.79. The van der Waals surface area contributed by atoms with E-state index in [-0.39, 0.29) is 0 Å². The van der Waals surface area contributed by atoms with Crippen molar-refractivity contribution in [3.63, 3.8) is 0 Å². The average Bonchev–Trinajstić information content (AvgIpc) is 2.75. The number of halogens is 1. The lowest BCUT2D eigenvalue weighted by molar-refractivity contribution is 0.256. The van der Waals surface area contributed by atoms with E-state index in [9.17, 15) is 0 Å². The van der Waals surface area contributed by atoms with Crippen molar-refractivity contribution in [2.24, 2.45) is 0 Å². The minimum Gasteiger partial charge on any atom is -0.399 e. The van der Waals surface area contributed by atoms with Crippen LogP contribution in [0.3, 0.4) is 0 Å². The van der Waals surface area contributed by atoms with Gasteiger partial charge < -0.3 is 10.3 Å². The number of benzene rings is 1. The van der Waals surface area contributed by atoms with Gasteiger partial charge in [0.2, 0.25) is 0 Å². The molecule has 1 heterocycles. The molecule has 1 aliphatic carbocycles. The van der Waals surface area contributed by atoms with Gasteiger partial charge in [-0.2, -0.15) is 0 Å². The largest absolute Gasteiger partial charge is 0.399 e. The van der Waals surface area contributed by atoms with Crippen molar-refractivity contribution < 1.29 is 0 Å². The van der Waals surface area contributed by atoms with Gasteiger partial charge in [0.15, 0.2) is 0 Å². The van der Waals surface area contributed by atoms with E-state index >= 15 is 0 Å².